The molecule has 3 nitrogen and oxygen atoms in total. The van der Waals surface area contributed by atoms with Crippen molar-refractivity contribution in [3.8, 4) is 0 Å². The third-order valence-corrected chi connectivity index (χ3v) is 3.71. The lowest BCUT2D eigenvalue weighted by Gasteiger charge is -2.06. The minimum absolute atomic E-state index is 0.283. The lowest BCUT2D eigenvalue weighted by Crippen LogP contribution is -2.13. The van der Waals surface area contributed by atoms with E-state index in [1.165, 1.54) is 0 Å². The largest absolute Gasteiger partial charge is 0.321 e. The summed E-state index contributed by atoms with van der Waals surface area (Å²) in [6, 6.07) is 16.7. The maximum Gasteiger partial charge on any atom is 0.274 e. The van der Waals surface area contributed by atoms with Gasteiger partial charge >= 0.3 is 0 Å². The van der Waals surface area contributed by atoms with Crippen LogP contribution in [-0.4, -0.2) is 10.9 Å². The second kappa shape index (κ2) is 5.84. The van der Waals surface area contributed by atoms with Crippen LogP contribution in [0.1, 0.15) is 10.5 Å². The van der Waals surface area contributed by atoms with E-state index in [-0.39, 0.29) is 5.91 Å². The van der Waals surface area contributed by atoms with Crippen LogP contribution in [0.3, 0.4) is 0 Å². The summed E-state index contributed by atoms with van der Waals surface area (Å²) >= 11 is 9.23. The number of hydrogen-bond donors (Lipinski definition) is 1. The van der Waals surface area contributed by atoms with Crippen LogP contribution < -0.4 is 5.32 Å². The van der Waals surface area contributed by atoms with E-state index in [2.05, 4.69) is 26.2 Å². The maximum atomic E-state index is 12.1. The van der Waals surface area contributed by atoms with Gasteiger partial charge in [-0.15, -0.1) is 0 Å². The highest BCUT2D eigenvalue weighted by Gasteiger charge is 2.08. The summed E-state index contributed by atoms with van der Waals surface area (Å²) in [5.74, 6) is -0.283. The molecule has 3 rings (SSSR count). The molecule has 0 aliphatic rings. The molecule has 0 saturated carbocycles. The molecule has 0 fully saturated rings. The Morgan fingerprint density at radius 1 is 1.05 bits per heavy atom. The number of hydrogen-bond acceptors (Lipinski definition) is 2. The van der Waals surface area contributed by atoms with Gasteiger partial charge < -0.3 is 5.32 Å². The van der Waals surface area contributed by atoms with Crippen LogP contribution in [0.25, 0.3) is 10.8 Å². The molecule has 0 radical (unpaired) electrons. The average Bonchev–Trinajstić information content (AvgIpc) is 2.47. The van der Waals surface area contributed by atoms with Crippen molar-refractivity contribution in [2.45, 2.75) is 0 Å². The van der Waals surface area contributed by atoms with Crippen molar-refractivity contribution in [2.24, 2.45) is 0 Å². The molecule has 0 bridgehead atoms. The normalized spacial score (nSPS) is 10.6. The van der Waals surface area contributed by atoms with Crippen LogP contribution in [0.15, 0.2) is 59.1 Å². The minimum Gasteiger partial charge on any atom is -0.321 e. The minimum atomic E-state index is -0.283. The number of amides is 1. The molecule has 21 heavy (non-hydrogen) atoms. The second-order valence-electron chi connectivity index (χ2n) is 4.51. The van der Waals surface area contributed by atoms with E-state index in [0.29, 0.717) is 10.8 Å². The van der Waals surface area contributed by atoms with E-state index < -0.39 is 0 Å². The molecule has 5 heteroatoms. The number of halogens is 2. The topological polar surface area (TPSA) is 42.0 Å². The summed E-state index contributed by atoms with van der Waals surface area (Å²) < 4.78 is 1.02. The van der Waals surface area contributed by atoms with Gasteiger partial charge in [0.1, 0.15) is 10.8 Å². The van der Waals surface area contributed by atoms with Crippen molar-refractivity contribution < 1.29 is 4.79 Å². The number of rotatable bonds is 2. The summed E-state index contributed by atoms with van der Waals surface area (Å²) in [5.41, 5.74) is 1.01. The summed E-state index contributed by atoms with van der Waals surface area (Å²) in [6.45, 7) is 0. The van der Waals surface area contributed by atoms with Crippen molar-refractivity contribution in [1.82, 2.24) is 4.98 Å². The first-order chi connectivity index (χ1) is 10.1. The van der Waals surface area contributed by atoms with Crippen molar-refractivity contribution in [2.75, 3.05) is 5.32 Å². The zero-order valence-electron chi connectivity index (χ0n) is 10.8. The van der Waals surface area contributed by atoms with E-state index in [1.807, 2.05) is 36.4 Å². The predicted octanol–water partition coefficient (Wildman–Crippen LogP) is 4.90. The Morgan fingerprint density at radius 3 is 2.62 bits per heavy atom. The third kappa shape index (κ3) is 3.23. The van der Waals surface area contributed by atoms with Gasteiger partial charge in [0.15, 0.2) is 0 Å². The van der Waals surface area contributed by atoms with Crippen LogP contribution in [0, 0.1) is 0 Å². The van der Waals surface area contributed by atoms with E-state index in [4.69, 9.17) is 11.6 Å². The first-order valence-electron chi connectivity index (χ1n) is 6.25. The van der Waals surface area contributed by atoms with Gasteiger partial charge in [0.05, 0.1) is 0 Å². The zero-order chi connectivity index (χ0) is 14.8. The number of pyridine rings is 1. The predicted molar refractivity (Wildman–Crippen MR) is 88.8 cm³/mol. The van der Waals surface area contributed by atoms with Gasteiger partial charge in [-0.3, -0.25) is 4.79 Å². The van der Waals surface area contributed by atoms with Gasteiger partial charge in [-0.1, -0.05) is 45.7 Å². The Labute approximate surface area is 135 Å². The molecule has 2 aromatic carbocycles. The Hall–Kier alpha value is -1.91. The SMILES string of the molecule is O=C(Nc1ccc2cc(Br)ccc2c1)c1cccc(Cl)n1. The monoisotopic (exact) mass is 360 g/mol. The number of carbonyl (C=O) groups excluding carboxylic acids is 1. The maximum absolute atomic E-state index is 12.1. The van der Waals surface area contributed by atoms with Crippen LogP contribution in [0.2, 0.25) is 5.15 Å². The molecule has 0 aliphatic carbocycles. The van der Waals surface area contributed by atoms with Crippen LogP contribution in [0.4, 0.5) is 5.69 Å². The fraction of sp³-hybridized carbons (Fsp3) is 0. The van der Waals surface area contributed by atoms with Gasteiger partial charge in [-0.25, -0.2) is 4.98 Å². The zero-order valence-corrected chi connectivity index (χ0v) is 13.1. The fourth-order valence-electron chi connectivity index (χ4n) is 2.02. The molecule has 1 N–H and O–H groups in total. The molecule has 1 aromatic heterocycles. The molecule has 3 aromatic rings. The lowest BCUT2D eigenvalue weighted by atomic mass is 10.1. The molecular weight excluding hydrogens is 352 g/mol. The first kappa shape index (κ1) is 14.0. The third-order valence-electron chi connectivity index (χ3n) is 3.01. The summed E-state index contributed by atoms with van der Waals surface area (Å²) in [5, 5.41) is 5.27. The number of aromatic nitrogens is 1. The Bertz CT molecular complexity index is 835. The smallest absolute Gasteiger partial charge is 0.274 e. The van der Waals surface area contributed by atoms with E-state index in [9.17, 15) is 4.79 Å². The summed E-state index contributed by atoms with van der Waals surface area (Å²) in [6.07, 6.45) is 0. The molecule has 1 amide bonds. The van der Waals surface area contributed by atoms with Crippen molar-refractivity contribution in [3.05, 3.63) is 69.9 Å². The number of carbonyl (C=O) groups is 1. The second-order valence-corrected chi connectivity index (χ2v) is 5.81. The highest BCUT2D eigenvalue weighted by Crippen LogP contribution is 2.23. The van der Waals surface area contributed by atoms with Crippen LogP contribution >= 0.6 is 27.5 Å². The van der Waals surface area contributed by atoms with Crippen molar-refractivity contribution >= 4 is 49.9 Å². The van der Waals surface area contributed by atoms with Gasteiger partial charge in [-0.05, 0) is 47.2 Å². The molecule has 1 heterocycles. The van der Waals surface area contributed by atoms with Crippen molar-refractivity contribution in [3.63, 3.8) is 0 Å². The molecule has 0 atom stereocenters. The van der Waals surface area contributed by atoms with E-state index in [1.54, 1.807) is 18.2 Å². The molecule has 0 aliphatic heterocycles. The quantitative estimate of drug-likeness (QED) is 0.659. The first-order valence-corrected chi connectivity index (χ1v) is 7.42. The number of fused-ring (bicyclic) bond motifs is 1. The lowest BCUT2D eigenvalue weighted by molar-refractivity contribution is 0.102. The molecule has 0 saturated heterocycles. The highest BCUT2D eigenvalue weighted by atomic mass is 79.9. The van der Waals surface area contributed by atoms with Crippen LogP contribution in [0.5, 0.6) is 0 Å². The number of anilines is 1. The molecule has 0 unspecified atom stereocenters. The van der Waals surface area contributed by atoms with E-state index in [0.717, 1.165) is 20.9 Å². The Balaban J connectivity index is 1.87. The number of nitrogens with zero attached hydrogens (tertiary/aromatic N) is 1. The van der Waals surface area contributed by atoms with Gasteiger partial charge in [0.2, 0.25) is 0 Å². The van der Waals surface area contributed by atoms with Gasteiger partial charge in [0, 0.05) is 10.2 Å². The van der Waals surface area contributed by atoms with Crippen molar-refractivity contribution in [1.29, 1.82) is 0 Å². The molecule has 0 spiro atoms. The standard InChI is InChI=1S/C16H10BrClN2O/c17-12-6-4-11-9-13(7-5-10(11)8-12)19-16(21)14-2-1-3-15(18)20-14/h1-9H,(H,19,21). The summed E-state index contributed by atoms with van der Waals surface area (Å²) in [7, 11) is 0. The van der Waals surface area contributed by atoms with Gasteiger partial charge in [0.25, 0.3) is 5.91 Å². The van der Waals surface area contributed by atoms with Gasteiger partial charge in [-0.2, -0.15) is 0 Å². The molecule has 104 valence electrons. The fourth-order valence-corrected chi connectivity index (χ4v) is 2.57. The average molecular weight is 362 g/mol. The van der Waals surface area contributed by atoms with E-state index >= 15 is 0 Å². The highest BCUT2D eigenvalue weighted by molar-refractivity contribution is 9.10. The summed E-state index contributed by atoms with van der Waals surface area (Å²) in [4.78, 5) is 16.1. The van der Waals surface area contributed by atoms with Crippen LogP contribution in [-0.2, 0) is 0 Å². The Kier molecular flexibility index (Phi) is 3.90. The molecular formula is C16H10BrClN2O. The number of benzene rings is 2. The Morgan fingerprint density at radius 2 is 1.81 bits per heavy atom. The number of nitrogens with one attached hydrogen (secondary N) is 1.